The summed E-state index contributed by atoms with van der Waals surface area (Å²) in [4.78, 5) is 25.3. The van der Waals surface area contributed by atoms with E-state index in [0.717, 1.165) is 17.7 Å². The molecule has 0 saturated carbocycles. The van der Waals surface area contributed by atoms with Gasteiger partial charge in [-0.25, -0.2) is 13.2 Å². The van der Waals surface area contributed by atoms with E-state index in [1.807, 2.05) is 6.92 Å². The SMILES string of the molecule is COC(=O)c1cc(C)sc1NC(=O)c1ccc(S(=O)(=O)N2CCCC2)cc1. The average molecular weight is 409 g/mol. The van der Waals surface area contributed by atoms with Crippen LogP contribution in [0.3, 0.4) is 0 Å². The third kappa shape index (κ3) is 4.05. The summed E-state index contributed by atoms with van der Waals surface area (Å²) in [6.45, 7) is 2.88. The molecule has 1 saturated heterocycles. The van der Waals surface area contributed by atoms with Crippen LogP contribution in [-0.4, -0.2) is 44.8 Å². The molecule has 144 valence electrons. The number of anilines is 1. The Kier molecular flexibility index (Phi) is 5.64. The van der Waals surface area contributed by atoms with E-state index in [2.05, 4.69) is 5.32 Å². The summed E-state index contributed by atoms with van der Waals surface area (Å²) < 4.78 is 31.3. The van der Waals surface area contributed by atoms with Gasteiger partial charge in [-0.05, 0) is 50.1 Å². The highest BCUT2D eigenvalue weighted by molar-refractivity contribution is 7.89. The maximum absolute atomic E-state index is 12.5. The van der Waals surface area contributed by atoms with Crippen LogP contribution in [0.4, 0.5) is 5.00 Å². The predicted molar refractivity (Wildman–Crippen MR) is 103 cm³/mol. The van der Waals surface area contributed by atoms with Crippen LogP contribution < -0.4 is 5.32 Å². The molecular weight excluding hydrogens is 388 g/mol. The largest absolute Gasteiger partial charge is 0.465 e. The molecule has 0 radical (unpaired) electrons. The Balaban J connectivity index is 1.78. The van der Waals surface area contributed by atoms with Crippen molar-refractivity contribution in [2.24, 2.45) is 0 Å². The zero-order chi connectivity index (χ0) is 19.6. The van der Waals surface area contributed by atoms with Gasteiger partial charge in [0.25, 0.3) is 5.91 Å². The molecular formula is C18H20N2O5S2. The first kappa shape index (κ1) is 19.5. The highest BCUT2D eigenvalue weighted by Gasteiger charge is 2.27. The number of ether oxygens (including phenoxy) is 1. The number of nitrogens with one attached hydrogen (secondary N) is 1. The van der Waals surface area contributed by atoms with Crippen molar-refractivity contribution in [1.82, 2.24) is 4.31 Å². The Labute approximate surface area is 162 Å². The van der Waals surface area contributed by atoms with E-state index in [-0.39, 0.29) is 4.90 Å². The molecule has 0 spiro atoms. The van der Waals surface area contributed by atoms with Gasteiger partial charge in [-0.2, -0.15) is 4.31 Å². The van der Waals surface area contributed by atoms with Crippen LogP contribution in [-0.2, 0) is 14.8 Å². The molecule has 0 aliphatic carbocycles. The summed E-state index contributed by atoms with van der Waals surface area (Å²) in [5.74, 6) is -0.950. The second-order valence-corrected chi connectivity index (χ2v) is 9.38. The van der Waals surface area contributed by atoms with Gasteiger partial charge in [-0.3, -0.25) is 4.79 Å². The van der Waals surface area contributed by atoms with Crippen molar-refractivity contribution in [1.29, 1.82) is 0 Å². The van der Waals surface area contributed by atoms with Crippen molar-refractivity contribution in [3.63, 3.8) is 0 Å². The molecule has 0 bridgehead atoms. The monoisotopic (exact) mass is 408 g/mol. The van der Waals surface area contributed by atoms with E-state index in [4.69, 9.17) is 4.74 Å². The molecule has 0 atom stereocenters. The molecule has 1 aliphatic heterocycles. The summed E-state index contributed by atoms with van der Waals surface area (Å²) in [5, 5.41) is 3.10. The minimum absolute atomic E-state index is 0.170. The number of benzene rings is 1. The van der Waals surface area contributed by atoms with E-state index in [1.54, 1.807) is 6.07 Å². The van der Waals surface area contributed by atoms with Crippen LogP contribution >= 0.6 is 11.3 Å². The maximum Gasteiger partial charge on any atom is 0.340 e. The molecule has 1 aromatic carbocycles. The van der Waals surface area contributed by atoms with Gasteiger partial charge in [-0.1, -0.05) is 0 Å². The zero-order valence-corrected chi connectivity index (χ0v) is 16.7. The fourth-order valence-electron chi connectivity index (χ4n) is 2.90. The normalized spacial score (nSPS) is 14.9. The molecule has 0 unspecified atom stereocenters. The number of rotatable bonds is 5. The van der Waals surface area contributed by atoms with Crippen LogP contribution in [0.5, 0.6) is 0 Å². The first-order valence-corrected chi connectivity index (χ1v) is 10.7. The second kappa shape index (κ2) is 7.79. The van der Waals surface area contributed by atoms with Gasteiger partial charge in [0, 0.05) is 23.5 Å². The molecule has 1 N–H and O–H groups in total. The third-order valence-electron chi connectivity index (χ3n) is 4.31. The van der Waals surface area contributed by atoms with Crippen molar-refractivity contribution in [3.8, 4) is 0 Å². The molecule has 2 aromatic rings. The lowest BCUT2D eigenvalue weighted by molar-refractivity contribution is 0.0602. The molecule has 1 aliphatic rings. The quantitative estimate of drug-likeness (QED) is 0.768. The lowest BCUT2D eigenvalue weighted by atomic mass is 10.2. The molecule has 27 heavy (non-hydrogen) atoms. The van der Waals surface area contributed by atoms with Crippen LogP contribution in [0, 0.1) is 6.92 Å². The molecule has 1 fully saturated rings. The van der Waals surface area contributed by atoms with E-state index in [1.165, 1.54) is 47.0 Å². The highest BCUT2D eigenvalue weighted by atomic mass is 32.2. The van der Waals surface area contributed by atoms with Gasteiger partial charge in [0.1, 0.15) is 5.00 Å². The first-order chi connectivity index (χ1) is 12.8. The van der Waals surface area contributed by atoms with E-state index in [0.29, 0.717) is 29.2 Å². The third-order valence-corrected chi connectivity index (χ3v) is 7.19. The van der Waals surface area contributed by atoms with E-state index in [9.17, 15) is 18.0 Å². The first-order valence-electron chi connectivity index (χ1n) is 8.43. The molecule has 2 heterocycles. The summed E-state index contributed by atoms with van der Waals surface area (Å²) in [7, 11) is -2.24. The number of thiophene rings is 1. The fraction of sp³-hybridized carbons (Fsp3) is 0.333. The summed E-state index contributed by atoms with van der Waals surface area (Å²) in [6.07, 6.45) is 1.73. The predicted octanol–water partition coefficient (Wildman–Crippen LogP) is 2.88. The van der Waals surface area contributed by atoms with Crippen molar-refractivity contribution >= 4 is 38.2 Å². The van der Waals surface area contributed by atoms with Crippen LogP contribution in [0.1, 0.15) is 38.4 Å². The molecule has 1 amide bonds. The van der Waals surface area contributed by atoms with Gasteiger partial charge >= 0.3 is 5.97 Å². The second-order valence-electron chi connectivity index (χ2n) is 6.18. The summed E-state index contributed by atoms with van der Waals surface area (Å²) in [6, 6.07) is 7.46. The van der Waals surface area contributed by atoms with Crippen LogP contribution in [0.25, 0.3) is 0 Å². The van der Waals surface area contributed by atoms with Crippen molar-refractivity contribution in [2.45, 2.75) is 24.7 Å². The topological polar surface area (TPSA) is 92.8 Å². The minimum Gasteiger partial charge on any atom is -0.465 e. The molecule has 3 rings (SSSR count). The molecule has 1 aromatic heterocycles. The Morgan fingerprint density at radius 2 is 1.78 bits per heavy atom. The summed E-state index contributed by atoms with van der Waals surface area (Å²) in [5.41, 5.74) is 0.596. The number of hydrogen-bond donors (Lipinski definition) is 1. The zero-order valence-electron chi connectivity index (χ0n) is 15.0. The number of carbonyl (C=O) groups is 2. The standard InChI is InChI=1S/C18H20N2O5S2/c1-12-11-15(18(22)25-2)17(26-12)19-16(21)13-5-7-14(8-6-13)27(23,24)20-9-3-4-10-20/h5-8,11H,3-4,9-10H2,1-2H3,(H,19,21). The van der Waals surface area contributed by atoms with Gasteiger partial charge < -0.3 is 10.1 Å². The summed E-state index contributed by atoms with van der Waals surface area (Å²) >= 11 is 1.27. The Morgan fingerprint density at radius 3 is 2.37 bits per heavy atom. The molecule has 7 nitrogen and oxygen atoms in total. The van der Waals surface area contributed by atoms with Gasteiger partial charge in [0.05, 0.1) is 17.6 Å². The number of sulfonamides is 1. The maximum atomic E-state index is 12.5. The lowest BCUT2D eigenvalue weighted by Gasteiger charge is -2.15. The van der Waals surface area contributed by atoms with Crippen LogP contribution in [0.15, 0.2) is 35.2 Å². The Hall–Kier alpha value is -2.23. The average Bonchev–Trinajstić information content (AvgIpc) is 3.31. The van der Waals surface area contributed by atoms with Gasteiger partial charge in [0.15, 0.2) is 0 Å². The van der Waals surface area contributed by atoms with E-state index < -0.39 is 21.9 Å². The van der Waals surface area contributed by atoms with Gasteiger partial charge in [-0.15, -0.1) is 11.3 Å². The number of methoxy groups -OCH3 is 1. The lowest BCUT2D eigenvalue weighted by Crippen LogP contribution is -2.27. The number of nitrogens with zero attached hydrogens (tertiary/aromatic N) is 1. The Bertz CT molecular complexity index is 958. The number of amides is 1. The van der Waals surface area contributed by atoms with Crippen molar-refractivity contribution < 1.29 is 22.7 Å². The fourth-order valence-corrected chi connectivity index (χ4v) is 5.31. The van der Waals surface area contributed by atoms with Gasteiger partial charge in [0.2, 0.25) is 10.0 Å². The molecule has 9 heteroatoms. The number of carbonyl (C=O) groups excluding carboxylic acids is 2. The Morgan fingerprint density at radius 1 is 1.15 bits per heavy atom. The smallest absolute Gasteiger partial charge is 0.340 e. The number of aryl methyl sites for hydroxylation is 1. The minimum atomic E-state index is -3.52. The van der Waals surface area contributed by atoms with Crippen molar-refractivity contribution in [2.75, 3.05) is 25.5 Å². The highest BCUT2D eigenvalue weighted by Crippen LogP contribution is 2.29. The number of esters is 1. The van der Waals surface area contributed by atoms with Crippen molar-refractivity contribution in [3.05, 3.63) is 46.3 Å². The van der Waals surface area contributed by atoms with E-state index >= 15 is 0 Å². The van der Waals surface area contributed by atoms with Crippen LogP contribution in [0.2, 0.25) is 0 Å². The number of hydrogen-bond acceptors (Lipinski definition) is 6.